The summed E-state index contributed by atoms with van der Waals surface area (Å²) in [4.78, 5) is 28.0. The van der Waals surface area contributed by atoms with Crippen LogP contribution in [0.4, 0.5) is 4.79 Å². The first-order valence-electron chi connectivity index (χ1n) is 9.22. The van der Waals surface area contributed by atoms with Crippen molar-refractivity contribution in [2.75, 3.05) is 19.6 Å². The second kappa shape index (κ2) is 9.17. The van der Waals surface area contributed by atoms with Gasteiger partial charge in [-0.2, -0.15) is 0 Å². The first kappa shape index (κ1) is 21.4. The van der Waals surface area contributed by atoms with Crippen LogP contribution in [-0.2, 0) is 4.79 Å². The van der Waals surface area contributed by atoms with Crippen molar-refractivity contribution in [2.45, 2.75) is 65.5 Å². The number of nitrogens with two attached hydrogens (primary N) is 1. The van der Waals surface area contributed by atoms with Gasteiger partial charge in [0.2, 0.25) is 5.91 Å². The Morgan fingerprint density at radius 2 is 1.88 bits per heavy atom. The highest BCUT2D eigenvalue weighted by atomic mass is 16.2. The summed E-state index contributed by atoms with van der Waals surface area (Å²) in [6.07, 6.45) is 3.33. The Balaban J connectivity index is 2.56. The third-order valence-electron chi connectivity index (χ3n) is 4.51. The molecule has 7 heteroatoms. The smallest absolute Gasteiger partial charge is 0.317 e. The quantitative estimate of drug-likeness (QED) is 0.482. The van der Waals surface area contributed by atoms with Gasteiger partial charge in [-0.25, -0.2) is 4.79 Å². The molecule has 0 aromatic heterocycles. The molecule has 1 saturated heterocycles. The van der Waals surface area contributed by atoms with Gasteiger partial charge in [0.1, 0.15) is 0 Å². The standard InChI is InChI=1S/C18H35N5O2/c1-13(2)10-18(5,20)16(24)23(12-19)11-15-6-8-22(9-7-15)17(25)21-14(3)4/h12-15,19H,6-11,20H2,1-5H3,(H,21,25). The number of carbonyl (C=O) groups excluding carboxylic acids is 2. The van der Waals surface area contributed by atoms with E-state index in [4.69, 9.17) is 11.1 Å². The molecule has 0 aromatic carbocycles. The molecule has 1 rings (SSSR count). The summed E-state index contributed by atoms with van der Waals surface area (Å²) in [6.45, 7) is 11.5. The van der Waals surface area contributed by atoms with Gasteiger partial charge in [0, 0.05) is 25.7 Å². The fourth-order valence-corrected chi connectivity index (χ4v) is 3.39. The maximum atomic E-state index is 12.7. The second-order valence-electron chi connectivity index (χ2n) is 8.14. The molecule has 1 fully saturated rings. The van der Waals surface area contributed by atoms with Crippen LogP contribution in [0.25, 0.3) is 0 Å². The largest absolute Gasteiger partial charge is 0.336 e. The fourth-order valence-electron chi connectivity index (χ4n) is 3.39. The van der Waals surface area contributed by atoms with Crippen LogP contribution >= 0.6 is 0 Å². The molecule has 7 nitrogen and oxygen atoms in total. The number of rotatable bonds is 7. The Kier molecular flexibility index (Phi) is 7.86. The van der Waals surface area contributed by atoms with Crippen molar-refractivity contribution in [1.29, 1.82) is 5.41 Å². The molecule has 1 aliphatic heterocycles. The summed E-state index contributed by atoms with van der Waals surface area (Å²) in [5.74, 6) is 0.397. The molecule has 144 valence electrons. The zero-order valence-corrected chi connectivity index (χ0v) is 16.3. The summed E-state index contributed by atoms with van der Waals surface area (Å²) in [5.41, 5.74) is 5.24. The SMILES string of the molecule is CC(C)CC(C)(N)C(=O)N(C=N)CC1CCN(C(=O)NC(C)C)CC1. The van der Waals surface area contributed by atoms with E-state index in [2.05, 4.69) is 5.32 Å². The van der Waals surface area contributed by atoms with Gasteiger partial charge in [-0.1, -0.05) is 13.8 Å². The minimum Gasteiger partial charge on any atom is -0.336 e. The van der Waals surface area contributed by atoms with Crippen molar-refractivity contribution in [3.8, 4) is 0 Å². The topological polar surface area (TPSA) is 103 Å². The summed E-state index contributed by atoms with van der Waals surface area (Å²) < 4.78 is 0. The van der Waals surface area contributed by atoms with Crippen LogP contribution in [0, 0.1) is 17.2 Å². The predicted molar refractivity (Wildman–Crippen MR) is 101 cm³/mol. The van der Waals surface area contributed by atoms with Crippen LogP contribution in [0.1, 0.15) is 53.9 Å². The first-order chi connectivity index (χ1) is 11.6. The Labute approximate surface area is 151 Å². The van der Waals surface area contributed by atoms with Gasteiger partial charge in [0.15, 0.2) is 0 Å². The van der Waals surface area contributed by atoms with E-state index in [0.29, 0.717) is 32.0 Å². The van der Waals surface area contributed by atoms with Crippen molar-refractivity contribution in [3.63, 3.8) is 0 Å². The first-order valence-corrected chi connectivity index (χ1v) is 9.22. The van der Waals surface area contributed by atoms with E-state index in [1.165, 1.54) is 4.90 Å². The van der Waals surface area contributed by atoms with Gasteiger partial charge in [-0.15, -0.1) is 0 Å². The summed E-state index contributed by atoms with van der Waals surface area (Å²) in [7, 11) is 0. The van der Waals surface area contributed by atoms with E-state index < -0.39 is 5.54 Å². The molecule has 0 bridgehead atoms. The molecule has 0 radical (unpaired) electrons. The van der Waals surface area contributed by atoms with Crippen molar-refractivity contribution >= 4 is 18.3 Å². The molecule has 0 spiro atoms. The fraction of sp³-hybridized carbons (Fsp3) is 0.833. The molecular weight excluding hydrogens is 318 g/mol. The lowest BCUT2D eigenvalue weighted by Crippen LogP contribution is -2.55. The average molecular weight is 354 g/mol. The Morgan fingerprint density at radius 1 is 1.32 bits per heavy atom. The molecule has 25 heavy (non-hydrogen) atoms. The second-order valence-corrected chi connectivity index (χ2v) is 8.14. The third-order valence-corrected chi connectivity index (χ3v) is 4.51. The lowest BCUT2D eigenvalue weighted by atomic mass is 9.89. The van der Waals surface area contributed by atoms with Crippen LogP contribution < -0.4 is 11.1 Å². The van der Waals surface area contributed by atoms with Crippen molar-refractivity contribution < 1.29 is 9.59 Å². The molecule has 0 aliphatic carbocycles. The van der Waals surface area contributed by atoms with Gasteiger partial charge < -0.3 is 20.9 Å². The molecule has 4 N–H and O–H groups in total. The van der Waals surface area contributed by atoms with Gasteiger partial charge in [0.05, 0.1) is 11.9 Å². The van der Waals surface area contributed by atoms with Crippen LogP contribution in [0.2, 0.25) is 0 Å². The van der Waals surface area contributed by atoms with Crippen LogP contribution in [0.5, 0.6) is 0 Å². The maximum absolute atomic E-state index is 12.7. The van der Waals surface area contributed by atoms with Gasteiger partial charge in [-0.05, 0) is 51.9 Å². The number of hydrogen-bond donors (Lipinski definition) is 3. The monoisotopic (exact) mass is 353 g/mol. The molecule has 1 aliphatic rings. The van der Waals surface area contributed by atoms with E-state index in [-0.39, 0.29) is 23.9 Å². The maximum Gasteiger partial charge on any atom is 0.317 e. The summed E-state index contributed by atoms with van der Waals surface area (Å²) >= 11 is 0. The molecule has 0 aromatic rings. The normalized spacial score (nSPS) is 18.2. The lowest BCUT2D eigenvalue weighted by molar-refractivity contribution is -0.133. The number of likely N-dealkylation sites (tertiary alicyclic amines) is 1. The van der Waals surface area contributed by atoms with E-state index in [0.717, 1.165) is 19.2 Å². The highest BCUT2D eigenvalue weighted by molar-refractivity contribution is 5.93. The Morgan fingerprint density at radius 3 is 2.32 bits per heavy atom. The van der Waals surface area contributed by atoms with E-state index >= 15 is 0 Å². The third kappa shape index (κ3) is 6.65. The van der Waals surface area contributed by atoms with E-state index in [9.17, 15) is 9.59 Å². The molecule has 3 amide bonds. The zero-order valence-electron chi connectivity index (χ0n) is 16.3. The number of urea groups is 1. The number of amides is 3. The number of carbonyl (C=O) groups is 2. The van der Waals surface area contributed by atoms with Crippen LogP contribution in [-0.4, -0.2) is 59.3 Å². The van der Waals surface area contributed by atoms with E-state index in [1.54, 1.807) is 6.92 Å². The minimum atomic E-state index is -0.955. The molecule has 1 heterocycles. The molecular formula is C18H35N5O2. The van der Waals surface area contributed by atoms with Gasteiger partial charge in [-0.3, -0.25) is 10.2 Å². The predicted octanol–water partition coefficient (Wildman–Crippen LogP) is 2.02. The number of piperidine rings is 1. The number of nitrogens with one attached hydrogen (secondary N) is 2. The van der Waals surface area contributed by atoms with Crippen LogP contribution in [0.3, 0.4) is 0 Å². The highest BCUT2D eigenvalue weighted by Gasteiger charge is 2.34. The number of nitrogens with zero attached hydrogens (tertiary/aromatic N) is 2. The van der Waals surface area contributed by atoms with Crippen molar-refractivity contribution in [1.82, 2.24) is 15.1 Å². The molecule has 0 saturated carbocycles. The van der Waals surface area contributed by atoms with Gasteiger partial charge >= 0.3 is 6.03 Å². The summed E-state index contributed by atoms with van der Waals surface area (Å²) in [5, 5.41) is 10.5. The molecule has 1 unspecified atom stereocenters. The summed E-state index contributed by atoms with van der Waals surface area (Å²) in [6, 6.07) is 0.0966. The average Bonchev–Trinajstić information content (AvgIpc) is 2.50. The highest BCUT2D eigenvalue weighted by Crippen LogP contribution is 2.21. The van der Waals surface area contributed by atoms with Crippen molar-refractivity contribution in [2.24, 2.45) is 17.6 Å². The lowest BCUT2D eigenvalue weighted by Gasteiger charge is -2.36. The van der Waals surface area contributed by atoms with Gasteiger partial charge in [0.25, 0.3) is 0 Å². The van der Waals surface area contributed by atoms with Crippen molar-refractivity contribution in [3.05, 3.63) is 0 Å². The van der Waals surface area contributed by atoms with Crippen LogP contribution in [0.15, 0.2) is 0 Å². The van der Waals surface area contributed by atoms with E-state index in [1.807, 2.05) is 32.6 Å². The minimum absolute atomic E-state index is 0.0279. The zero-order chi connectivity index (χ0) is 19.2. The molecule has 1 atom stereocenters. The Bertz CT molecular complexity index is 468. The number of hydrogen-bond acceptors (Lipinski definition) is 4. The Hall–Kier alpha value is -1.63.